The third kappa shape index (κ3) is 5.14. The van der Waals surface area contributed by atoms with E-state index in [0.29, 0.717) is 36.0 Å². The predicted molar refractivity (Wildman–Crippen MR) is 100 cm³/mol. The van der Waals surface area contributed by atoms with E-state index >= 15 is 0 Å². The van der Waals surface area contributed by atoms with Gasteiger partial charge in [-0.05, 0) is 48.9 Å². The standard InChI is InChI=1S/C18H15BrClN3O2/c19-13-3-1-4-15(11-13)21-16(24)5-2-6-17-22-18(23-25-17)12-7-9-14(20)10-8-12/h1,3-4,7-11H,2,5-6H2,(H,21,24). The minimum atomic E-state index is -0.0458. The third-order valence-electron chi connectivity index (χ3n) is 3.47. The number of aromatic nitrogens is 2. The molecule has 1 N–H and O–H groups in total. The quantitative estimate of drug-likeness (QED) is 0.601. The number of nitrogens with one attached hydrogen (secondary N) is 1. The van der Waals surface area contributed by atoms with Crippen molar-refractivity contribution in [2.24, 2.45) is 0 Å². The molecule has 3 rings (SSSR count). The third-order valence-corrected chi connectivity index (χ3v) is 4.22. The normalized spacial score (nSPS) is 10.6. The molecule has 0 fully saturated rings. The number of rotatable bonds is 6. The molecule has 0 aliphatic carbocycles. The van der Waals surface area contributed by atoms with Gasteiger partial charge in [0.25, 0.3) is 0 Å². The van der Waals surface area contributed by atoms with E-state index in [1.54, 1.807) is 12.1 Å². The fourth-order valence-corrected chi connectivity index (χ4v) is 2.79. The van der Waals surface area contributed by atoms with Crippen LogP contribution in [-0.2, 0) is 11.2 Å². The molecule has 2 aromatic carbocycles. The summed E-state index contributed by atoms with van der Waals surface area (Å²) in [6.45, 7) is 0. The minimum absolute atomic E-state index is 0.0458. The molecule has 1 aromatic heterocycles. The Morgan fingerprint density at radius 1 is 1.20 bits per heavy atom. The number of carbonyl (C=O) groups excluding carboxylic acids is 1. The molecule has 0 unspecified atom stereocenters. The van der Waals surface area contributed by atoms with Crippen molar-refractivity contribution in [3.63, 3.8) is 0 Å². The van der Waals surface area contributed by atoms with Gasteiger partial charge < -0.3 is 9.84 Å². The fraction of sp³-hybridized carbons (Fsp3) is 0.167. The molecule has 0 saturated carbocycles. The Morgan fingerprint density at radius 3 is 2.76 bits per heavy atom. The first kappa shape index (κ1) is 17.6. The fourth-order valence-electron chi connectivity index (χ4n) is 2.26. The van der Waals surface area contributed by atoms with Gasteiger partial charge in [0, 0.05) is 33.6 Å². The first-order chi connectivity index (χ1) is 12.1. The Morgan fingerprint density at radius 2 is 2.00 bits per heavy atom. The van der Waals surface area contributed by atoms with Gasteiger partial charge in [-0.2, -0.15) is 4.98 Å². The highest BCUT2D eigenvalue weighted by Gasteiger charge is 2.10. The second-order valence-electron chi connectivity index (χ2n) is 5.43. The molecular weight excluding hydrogens is 406 g/mol. The van der Waals surface area contributed by atoms with Crippen LogP contribution in [0.15, 0.2) is 57.5 Å². The number of aryl methyl sites for hydroxylation is 1. The van der Waals surface area contributed by atoms with Crippen LogP contribution in [0.2, 0.25) is 5.02 Å². The lowest BCUT2D eigenvalue weighted by Crippen LogP contribution is -2.11. The summed E-state index contributed by atoms with van der Waals surface area (Å²) in [5, 5.41) is 7.47. The van der Waals surface area contributed by atoms with Crippen LogP contribution in [0.25, 0.3) is 11.4 Å². The number of carbonyl (C=O) groups is 1. The number of anilines is 1. The first-order valence-corrected chi connectivity index (χ1v) is 8.91. The van der Waals surface area contributed by atoms with E-state index < -0.39 is 0 Å². The van der Waals surface area contributed by atoms with Gasteiger partial charge in [0.1, 0.15) is 0 Å². The Kier molecular flexibility index (Phi) is 5.83. The molecule has 0 spiro atoms. The maximum absolute atomic E-state index is 12.0. The summed E-state index contributed by atoms with van der Waals surface area (Å²) in [6.07, 6.45) is 1.56. The second-order valence-corrected chi connectivity index (χ2v) is 6.78. The highest BCUT2D eigenvalue weighted by molar-refractivity contribution is 9.10. The van der Waals surface area contributed by atoms with Crippen molar-refractivity contribution in [1.82, 2.24) is 10.1 Å². The van der Waals surface area contributed by atoms with Crippen LogP contribution >= 0.6 is 27.5 Å². The van der Waals surface area contributed by atoms with Crippen LogP contribution in [0.3, 0.4) is 0 Å². The molecular formula is C18H15BrClN3O2. The maximum atomic E-state index is 12.0. The zero-order valence-corrected chi connectivity index (χ0v) is 15.5. The minimum Gasteiger partial charge on any atom is -0.339 e. The van der Waals surface area contributed by atoms with E-state index in [1.165, 1.54) is 0 Å². The highest BCUT2D eigenvalue weighted by Crippen LogP contribution is 2.19. The van der Waals surface area contributed by atoms with Crippen LogP contribution < -0.4 is 5.32 Å². The Bertz CT molecular complexity index is 865. The molecule has 0 aliphatic heterocycles. The summed E-state index contributed by atoms with van der Waals surface area (Å²) in [6, 6.07) is 14.7. The predicted octanol–water partition coefficient (Wildman–Crippen LogP) is 5.11. The van der Waals surface area contributed by atoms with Gasteiger partial charge in [0.2, 0.25) is 17.6 Å². The van der Waals surface area contributed by atoms with E-state index in [1.807, 2.05) is 36.4 Å². The van der Waals surface area contributed by atoms with Crippen molar-refractivity contribution in [1.29, 1.82) is 0 Å². The molecule has 0 atom stereocenters. The Hall–Kier alpha value is -2.18. The summed E-state index contributed by atoms with van der Waals surface area (Å²) in [4.78, 5) is 16.3. The molecule has 0 saturated heterocycles. The molecule has 1 amide bonds. The molecule has 0 aliphatic rings. The SMILES string of the molecule is O=C(CCCc1nc(-c2ccc(Cl)cc2)no1)Nc1cccc(Br)c1. The van der Waals surface area contributed by atoms with E-state index in [4.69, 9.17) is 16.1 Å². The maximum Gasteiger partial charge on any atom is 0.226 e. The van der Waals surface area contributed by atoms with Crippen molar-refractivity contribution in [3.05, 3.63) is 63.9 Å². The smallest absolute Gasteiger partial charge is 0.226 e. The highest BCUT2D eigenvalue weighted by atomic mass is 79.9. The number of halogens is 2. The molecule has 25 heavy (non-hydrogen) atoms. The van der Waals surface area contributed by atoms with Crippen molar-refractivity contribution < 1.29 is 9.32 Å². The largest absolute Gasteiger partial charge is 0.339 e. The first-order valence-electron chi connectivity index (χ1n) is 7.74. The number of hydrogen-bond donors (Lipinski definition) is 1. The van der Waals surface area contributed by atoms with E-state index in [0.717, 1.165) is 15.7 Å². The summed E-state index contributed by atoms with van der Waals surface area (Å²) in [5.41, 5.74) is 1.61. The lowest BCUT2D eigenvalue weighted by atomic mass is 10.2. The van der Waals surface area contributed by atoms with Gasteiger partial charge in [-0.25, -0.2) is 0 Å². The van der Waals surface area contributed by atoms with E-state index in [9.17, 15) is 4.79 Å². The van der Waals surface area contributed by atoms with Crippen LogP contribution in [0, 0.1) is 0 Å². The van der Waals surface area contributed by atoms with Gasteiger partial charge >= 0.3 is 0 Å². The lowest BCUT2D eigenvalue weighted by molar-refractivity contribution is -0.116. The summed E-state index contributed by atoms with van der Waals surface area (Å²) in [5.74, 6) is 0.987. The van der Waals surface area contributed by atoms with Crippen LogP contribution in [0.4, 0.5) is 5.69 Å². The van der Waals surface area contributed by atoms with Crippen molar-refractivity contribution in [3.8, 4) is 11.4 Å². The number of hydrogen-bond acceptors (Lipinski definition) is 4. The Labute approximate surface area is 158 Å². The van der Waals surface area contributed by atoms with Crippen LogP contribution in [0.5, 0.6) is 0 Å². The second kappa shape index (κ2) is 8.27. The Balaban J connectivity index is 1.49. The molecule has 0 bridgehead atoms. The molecule has 1 heterocycles. The van der Waals surface area contributed by atoms with Gasteiger partial charge in [0.05, 0.1) is 0 Å². The van der Waals surface area contributed by atoms with Gasteiger partial charge in [-0.3, -0.25) is 4.79 Å². The van der Waals surface area contributed by atoms with Crippen LogP contribution in [-0.4, -0.2) is 16.0 Å². The summed E-state index contributed by atoms with van der Waals surface area (Å²) < 4.78 is 6.16. The zero-order valence-electron chi connectivity index (χ0n) is 13.2. The lowest BCUT2D eigenvalue weighted by Gasteiger charge is -2.04. The average molecular weight is 421 g/mol. The molecule has 3 aromatic rings. The topological polar surface area (TPSA) is 68.0 Å². The monoisotopic (exact) mass is 419 g/mol. The number of nitrogens with zero attached hydrogens (tertiary/aromatic N) is 2. The molecule has 0 radical (unpaired) electrons. The van der Waals surface area contributed by atoms with Crippen molar-refractivity contribution in [2.75, 3.05) is 5.32 Å². The summed E-state index contributed by atoms with van der Waals surface area (Å²) >= 11 is 9.24. The van der Waals surface area contributed by atoms with Crippen LogP contribution in [0.1, 0.15) is 18.7 Å². The molecule has 128 valence electrons. The van der Waals surface area contributed by atoms with Gasteiger partial charge in [0.15, 0.2) is 0 Å². The molecule has 5 nitrogen and oxygen atoms in total. The number of amides is 1. The zero-order chi connectivity index (χ0) is 17.6. The summed E-state index contributed by atoms with van der Waals surface area (Å²) in [7, 11) is 0. The number of benzene rings is 2. The average Bonchev–Trinajstić information content (AvgIpc) is 3.04. The van der Waals surface area contributed by atoms with Gasteiger partial charge in [-0.1, -0.05) is 38.8 Å². The van der Waals surface area contributed by atoms with E-state index in [-0.39, 0.29) is 5.91 Å². The van der Waals surface area contributed by atoms with Crippen molar-refractivity contribution >= 4 is 39.1 Å². The van der Waals surface area contributed by atoms with E-state index in [2.05, 4.69) is 31.4 Å². The van der Waals surface area contributed by atoms with Crippen molar-refractivity contribution in [2.45, 2.75) is 19.3 Å². The molecule has 7 heteroatoms. The van der Waals surface area contributed by atoms with Gasteiger partial charge in [-0.15, -0.1) is 0 Å².